The summed E-state index contributed by atoms with van der Waals surface area (Å²) in [7, 11) is 0. The molecule has 3 N–H and O–H groups in total. The van der Waals surface area contributed by atoms with Crippen LogP contribution in [-0.4, -0.2) is 11.1 Å². The van der Waals surface area contributed by atoms with Gasteiger partial charge in [0.1, 0.15) is 5.75 Å². The minimum absolute atomic E-state index is 0.179. The van der Waals surface area contributed by atoms with Crippen LogP contribution in [0.5, 0.6) is 5.75 Å². The molecule has 0 aromatic heterocycles. The molecule has 0 spiro atoms. The number of para-hydroxylation sites is 1. The van der Waals surface area contributed by atoms with Gasteiger partial charge in [0.2, 0.25) is 0 Å². The van der Waals surface area contributed by atoms with Crippen molar-refractivity contribution in [2.24, 2.45) is 5.73 Å². The first-order valence-electron chi connectivity index (χ1n) is 4.33. The summed E-state index contributed by atoms with van der Waals surface area (Å²) in [5.41, 5.74) is 6.59. The predicted molar refractivity (Wildman–Crippen MR) is 57.8 cm³/mol. The van der Waals surface area contributed by atoms with Crippen molar-refractivity contribution in [2.45, 2.75) is 25.8 Å². The molecular weight excluding hydrogens is 230 g/mol. The number of nitrogens with two attached hydrogens (primary N) is 1. The Morgan fingerprint density at radius 2 is 2.23 bits per heavy atom. The second kappa shape index (κ2) is 4.63. The molecule has 0 saturated heterocycles. The second-order valence-electron chi connectivity index (χ2n) is 3.26. The average molecular weight is 244 g/mol. The van der Waals surface area contributed by atoms with Gasteiger partial charge >= 0.3 is 0 Å². The van der Waals surface area contributed by atoms with E-state index in [1.54, 1.807) is 0 Å². The predicted octanol–water partition coefficient (Wildman–Crippen LogP) is 2.43. The van der Waals surface area contributed by atoms with Crippen molar-refractivity contribution in [1.29, 1.82) is 0 Å². The van der Waals surface area contributed by atoms with E-state index in [0.29, 0.717) is 5.75 Å². The number of phenolic OH excluding ortho intramolecular Hbond substituents is 1. The Bertz CT molecular complexity index is 286. The quantitative estimate of drug-likeness (QED) is 0.857. The lowest BCUT2D eigenvalue weighted by Crippen LogP contribution is -2.15. The maximum atomic E-state index is 9.62. The number of aryl methyl sites for hydroxylation is 1. The molecule has 0 radical (unpaired) electrons. The van der Waals surface area contributed by atoms with E-state index < -0.39 is 0 Å². The minimum Gasteiger partial charge on any atom is -0.506 e. The average Bonchev–Trinajstić information content (AvgIpc) is 2.07. The van der Waals surface area contributed by atoms with E-state index in [4.69, 9.17) is 5.73 Å². The Labute approximate surface area is 86.9 Å². The molecule has 1 aromatic carbocycles. The third kappa shape index (κ3) is 3.01. The Kier molecular flexibility index (Phi) is 3.75. The minimum atomic E-state index is 0.179. The zero-order valence-corrected chi connectivity index (χ0v) is 9.21. The van der Waals surface area contributed by atoms with Crippen LogP contribution >= 0.6 is 15.9 Å². The normalized spacial score (nSPS) is 12.8. The molecule has 0 fully saturated rings. The summed E-state index contributed by atoms with van der Waals surface area (Å²) in [5.74, 6) is 0.336. The maximum absolute atomic E-state index is 9.62. The van der Waals surface area contributed by atoms with Gasteiger partial charge in [-0.2, -0.15) is 0 Å². The molecule has 1 atom stereocenters. The van der Waals surface area contributed by atoms with Gasteiger partial charge in [-0.05, 0) is 47.3 Å². The first-order valence-corrected chi connectivity index (χ1v) is 5.12. The number of benzene rings is 1. The van der Waals surface area contributed by atoms with Crippen LogP contribution in [0.3, 0.4) is 0 Å². The summed E-state index contributed by atoms with van der Waals surface area (Å²) in [4.78, 5) is 0. The molecule has 1 aromatic rings. The third-order valence-electron chi connectivity index (χ3n) is 1.94. The van der Waals surface area contributed by atoms with Crippen LogP contribution in [0.1, 0.15) is 18.9 Å². The topological polar surface area (TPSA) is 46.2 Å². The van der Waals surface area contributed by atoms with Crippen molar-refractivity contribution >= 4 is 15.9 Å². The Balaban J connectivity index is 2.71. The van der Waals surface area contributed by atoms with Crippen LogP contribution in [-0.2, 0) is 6.42 Å². The molecule has 3 heteroatoms. The van der Waals surface area contributed by atoms with Crippen molar-refractivity contribution in [1.82, 2.24) is 0 Å². The van der Waals surface area contributed by atoms with Gasteiger partial charge < -0.3 is 10.8 Å². The van der Waals surface area contributed by atoms with Crippen LogP contribution in [0.15, 0.2) is 22.7 Å². The molecule has 0 aliphatic rings. The van der Waals surface area contributed by atoms with E-state index in [0.717, 1.165) is 22.9 Å². The third-order valence-corrected chi connectivity index (χ3v) is 2.58. The van der Waals surface area contributed by atoms with Gasteiger partial charge in [-0.15, -0.1) is 0 Å². The first-order chi connectivity index (χ1) is 6.11. The number of aromatic hydroxyl groups is 1. The highest BCUT2D eigenvalue weighted by molar-refractivity contribution is 9.10. The molecule has 0 bridgehead atoms. The van der Waals surface area contributed by atoms with Crippen molar-refractivity contribution < 1.29 is 5.11 Å². The van der Waals surface area contributed by atoms with Crippen LogP contribution in [0.25, 0.3) is 0 Å². The maximum Gasteiger partial charge on any atom is 0.132 e. The zero-order valence-electron chi connectivity index (χ0n) is 7.63. The molecule has 1 rings (SSSR count). The van der Waals surface area contributed by atoms with E-state index in [1.165, 1.54) is 0 Å². The zero-order chi connectivity index (χ0) is 9.84. The van der Waals surface area contributed by atoms with Crippen LogP contribution in [0, 0.1) is 0 Å². The van der Waals surface area contributed by atoms with Gasteiger partial charge in [-0.3, -0.25) is 0 Å². The fraction of sp³-hybridized carbons (Fsp3) is 0.400. The molecule has 0 heterocycles. The van der Waals surface area contributed by atoms with E-state index in [-0.39, 0.29) is 6.04 Å². The van der Waals surface area contributed by atoms with Crippen molar-refractivity contribution in [3.63, 3.8) is 0 Å². The van der Waals surface area contributed by atoms with E-state index in [1.807, 2.05) is 25.1 Å². The molecule has 72 valence electrons. The van der Waals surface area contributed by atoms with Crippen LogP contribution < -0.4 is 5.73 Å². The monoisotopic (exact) mass is 243 g/mol. The number of hydrogen-bond acceptors (Lipinski definition) is 2. The Morgan fingerprint density at radius 1 is 1.54 bits per heavy atom. The SMILES string of the molecule is CC(N)CCc1cccc(Br)c1O. The van der Waals surface area contributed by atoms with Gasteiger partial charge in [0, 0.05) is 6.04 Å². The largest absolute Gasteiger partial charge is 0.506 e. The highest BCUT2D eigenvalue weighted by atomic mass is 79.9. The van der Waals surface area contributed by atoms with E-state index in [9.17, 15) is 5.11 Å². The molecule has 1 unspecified atom stereocenters. The molecule has 0 aliphatic carbocycles. The summed E-state index contributed by atoms with van der Waals surface area (Å²) in [6, 6.07) is 5.84. The van der Waals surface area contributed by atoms with Gasteiger partial charge in [0.05, 0.1) is 4.47 Å². The lowest BCUT2D eigenvalue weighted by Gasteiger charge is -2.07. The summed E-state index contributed by atoms with van der Waals surface area (Å²) in [5, 5.41) is 9.62. The molecule has 0 aliphatic heterocycles. The molecule has 0 saturated carbocycles. The highest BCUT2D eigenvalue weighted by Crippen LogP contribution is 2.28. The van der Waals surface area contributed by atoms with Crippen LogP contribution in [0.2, 0.25) is 0 Å². The van der Waals surface area contributed by atoms with Crippen molar-refractivity contribution in [3.05, 3.63) is 28.2 Å². The van der Waals surface area contributed by atoms with Crippen LogP contribution in [0.4, 0.5) is 0 Å². The summed E-state index contributed by atoms with van der Waals surface area (Å²) in [6.07, 6.45) is 1.72. The number of hydrogen-bond donors (Lipinski definition) is 2. The second-order valence-corrected chi connectivity index (χ2v) is 4.12. The Morgan fingerprint density at radius 3 is 2.85 bits per heavy atom. The van der Waals surface area contributed by atoms with Gasteiger partial charge in [-0.25, -0.2) is 0 Å². The summed E-state index contributed by atoms with van der Waals surface area (Å²) < 4.78 is 0.745. The number of halogens is 1. The van der Waals surface area contributed by atoms with Crippen molar-refractivity contribution in [2.75, 3.05) is 0 Å². The Hall–Kier alpha value is -0.540. The lowest BCUT2D eigenvalue weighted by atomic mass is 10.1. The van der Waals surface area contributed by atoms with Crippen molar-refractivity contribution in [3.8, 4) is 5.75 Å². The molecular formula is C10H14BrNO. The smallest absolute Gasteiger partial charge is 0.132 e. The fourth-order valence-electron chi connectivity index (χ4n) is 1.14. The summed E-state index contributed by atoms with van der Waals surface area (Å²) in [6.45, 7) is 1.97. The lowest BCUT2D eigenvalue weighted by molar-refractivity contribution is 0.462. The fourth-order valence-corrected chi connectivity index (χ4v) is 1.55. The van der Waals surface area contributed by atoms with Gasteiger partial charge in [0.15, 0.2) is 0 Å². The number of phenols is 1. The summed E-state index contributed by atoms with van der Waals surface area (Å²) >= 11 is 3.27. The first kappa shape index (κ1) is 10.5. The molecule has 2 nitrogen and oxygen atoms in total. The number of rotatable bonds is 3. The molecule has 13 heavy (non-hydrogen) atoms. The highest BCUT2D eigenvalue weighted by Gasteiger charge is 2.04. The standard InChI is InChI=1S/C10H14BrNO/c1-7(12)5-6-8-3-2-4-9(11)10(8)13/h2-4,7,13H,5-6,12H2,1H3. The van der Waals surface area contributed by atoms with E-state index >= 15 is 0 Å². The van der Waals surface area contributed by atoms with Gasteiger partial charge in [0.25, 0.3) is 0 Å². The van der Waals surface area contributed by atoms with Gasteiger partial charge in [-0.1, -0.05) is 12.1 Å². The molecule has 0 amide bonds. The van der Waals surface area contributed by atoms with E-state index in [2.05, 4.69) is 15.9 Å².